The lowest BCUT2D eigenvalue weighted by Crippen LogP contribution is -2.51. The molecule has 2 saturated heterocycles. The molecule has 32 heavy (non-hydrogen) atoms. The minimum atomic E-state index is -0.889. The Morgan fingerprint density at radius 3 is 2.50 bits per heavy atom. The molecule has 0 saturated carbocycles. The third kappa shape index (κ3) is 3.51. The van der Waals surface area contributed by atoms with Gasteiger partial charge < -0.3 is 14.5 Å². The van der Waals surface area contributed by atoms with Crippen LogP contribution in [0.1, 0.15) is 40.7 Å². The molecule has 3 heterocycles. The maximum atomic E-state index is 13.5. The Morgan fingerprint density at radius 1 is 0.969 bits per heavy atom. The number of fused-ring (bicyclic) bond motifs is 3. The molecule has 0 aliphatic carbocycles. The number of halogens is 1. The summed E-state index contributed by atoms with van der Waals surface area (Å²) in [5.74, 6) is 0.0760. The lowest BCUT2D eigenvalue weighted by atomic mass is 9.89. The predicted molar refractivity (Wildman–Crippen MR) is 123 cm³/mol. The maximum absolute atomic E-state index is 13.5. The summed E-state index contributed by atoms with van der Waals surface area (Å²) in [6.07, 6.45) is 2.29. The zero-order chi connectivity index (χ0) is 22.1. The largest absolute Gasteiger partial charge is 0.379 e. The average molecular weight is 454 g/mol. The number of ether oxygens (including phenoxy) is 1. The molecule has 6 nitrogen and oxygen atoms in total. The molecule has 168 valence electrons. The molecule has 1 atom stereocenters. The number of rotatable bonds is 6. The van der Waals surface area contributed by atoms with Gasteiger partial charge in [-0.15, -0.1) is 0 Å². The Kier molecular flexibility index (Phi) is 5.93. The molecular formula is C25H28ClN3O3. The number of hydrogen-bond donors (Lipinski definition) is 0. The van der Waals surface area contributed by atoms with Crippen LogP contribution in [0.3, 0.4) is 0 Å². The van der Waals surface area contributed by atoms with E-state index < -0.39 is 5.66 Å². The Labute approximate surface area is 193 Å². The summed E-state index contributed by atoms with van der Waals surface area (Å²) in [5.41, 5.74) is 1.57. The SMILES string of the molecule is O=C(CCCCN1CCOCC1)N1CCN2C(=O)c3ccccc3C12c1ccc(Cl)cc1. The fourth-order valence-electron chi connectivity index (χ4n) is 5.35. The van der Waals surface area contributed by atoms with Crippen LogP contribution in [-0.4, -0.2) is 72.5 Å². The molecule has 2 fully saturated rings. The van der Waals surface area contributed by atoms with E-state index in [1.165, 1.54) is 0 Å². The van der Waals surface area contributed by atoms with Crippen LogP contribution in [0.4, 0.5) is 0 Å². The molecule has 0 N–H and O–H groups in total. The van der Waals surface area contributed by atoms with Crippen molar-refractivity contribution < 1.29 is 14.3 Å². The number of unbranched alkanes of at least 4 members (excludes halogenated alkanes) is 1. The van der Waals surface area contributed by atoms with Gasteiger partial charge in [0.2, 0.25) is 5.91 Å². The predicted octanol–water partition coefficient (Wildman–Crippen LogP) is 3.34. The monoisotopic (exact) mass is 453 g/mol. The van der Waals surface area contributed by atoms with Gasteiger partial charge >= 0.3 is 0 Å². The summed E-state index contributed by atoms with van der Waals surface area (Å²) in [4.78, 5) is 33.0. The number of carbonyl (C=O) groups is 2. The highest BCUT2D eigenvalue weighted by Crippen LogP contribution is 2.49. The summed E-state index contributed by atoms with van der Waals surface area (Å²) >= 11 is 6.16. The zero-order valence-corrected chi connectivity index (χ0v) is 18.9. The minimum absolute atomic E-state index is 0.0156. The van der Waals surface area contributed by atoms with Crippen LogP contribution in [0, 0.1) is 0 Å². The molecule has 7 heteroatoms. The van der Waals surface area contributed by atoms with Gasteiger partial charge in [0.1, 0.15) is 0 Å². The highest BCUT2D eigenvalue weighted by Gasteiger charge is 2.59. The number of carbonyl (C=O) groups excluding carboxylic acids is 2. The van der Waals surface area contributed by atoms with E-state index in [-0.39, 0.29) is 11.8 Å². The lowest BCUT2D eigenvalue weighted by molar-refractivity contribution is -0.136. The molecule has 1 unspecified atom stereocenters. The Hall–Kier alpha value is -2.41. The van der Waals surface area contributed by atoms with E-state index in [0.29, 0.717) is 30.1 Å². The second-order valence-corrected chi connectivity index (χ2v) is 9.07. The third-order valence-electron chi connectivity index (χ3n) is 6.87. The molecule has 5 rings (SSSR count). The van der Waals surface area contributed by atoms with Gasteiger partial charge in [-0.1, -0.05) is 41.9 Å². The lowest BCUT2D eigenvalue weighted by Gasteiger charge is -2.40. The molecule has 0 aromatic heterocycles. The maximum Gasteiger partial charge on any atom is 0.256 e. The zero-order valence-electron chi connectivity index (χ0n) is 18.1. The number of hydrogen-bond acceptors (Lipinski definition) is 4. The molecule has 0 radical (unpaired) electrons. The van der Waals surface area contributed by atoms with Crippen molar-refractivity contribution in [2.24, 2.45) is 0 Å². The number of morpholine rings is 1. The van der Waals surface area contributed by atoms with Crippen molar-refractivity contribution in [3.8, 4) is 0 Å². The van der Waals surface area contributed by atoms with Gasteiger partial charge in [-0.05, 0) is 37.6 Å². The first-order chi connectivity index (χ1) is 15.6. The molecule has 2 aromatic carbocycles. The van der Waals surface area contributed by atoms with E-state index in [9.17, 15) is 9.59 Å². The fraction of sp³-hybridized carbons (Fsp3) is 0.440. The first-order valence-electron chi connectivity index (χ1n) is 11.4. The van der Waals surface area contributed by atoms with Crippen LogP contribution in [-0.2, 0) is 15.2 Å². The Bertz CT molecular complexity index is 1010. The van der Waals surface area contributed by atoms with Gasteiger partial charge in [-0.25, -0.2) is 0 Å². The second-order valence-electron chi connectivity index (χ2n) is 8.64. The van der Waals surface area contributed by atoms with Crippen LogP contribution in [0.15, 0.2) is 48.5 Å². The van der Waals surface area contributed by atoms with Gasteiger partial charge in [0, 0.05) is 54.3 Å². The van der Waals surface area contributed by atoms with Crippen LogP contribution < -0.4 is 0 Å². The summed E-state index contributed by atoms with van der Waals surface area (Å²) < 4.78 is 5.41. The van der Waals surface area contributed by atoms with Crippen molar-refractivity contribution >= 4 is 23.4 Å². The minimum Gasteiger partial charge on any atom is -0.379 e. The van der Waals surface area contributed by atoms with E-state index in [2.05, 4.69) is 4.90 Å². The van der Waals surface area contributed by atoms with Crippen molar-refractivity contribution in [1.29, 1.82) is 0 Å². The van der Waals surface area contributed by atoms with Gasteiger partial charge in [0.05, 0.1) is 13.2 Å². The van der Waals surface area contributed by atoms with Crippen LogP contribution in [0.2, 0.25) is 5.02 Å². The molecule has 3 aliphatic heterocycles. The van der Waals surface area contributed by atoms with Gasteiger partial charge in [0.15, 0.2) is 5.66 Å². The smallest absolute Gasteiger partial charge is 0.256 e. The van der Waals surface area contributed by atoms with E-state index in [4.69, 9.17) is 16.3 Å². The summed E-state index contributed by atoms with van der Waals surface area (Å²) in [7, 11) is 0. The third-order valence-corrected chi connectivity index (χ3v) is 7.13. The first-order valence-corrected chi connectivity index (χ1v) is 11.8. The Balaban J connectivity index is 1.40. The van der Waals surface area contributed by atoms with Crippen LogP contribution in [0.25, 0.3) is 0 Å². The van der Waals surface area contributed by atoms with Crippen molar-refractivity contribution in [1.82, 2.24) is 14.7 Å². The quantitative estimate of drug-likeness (QED) is 0.629. The molecule has 2 amide bonds. The summed E-state index contributed by atoms with van der Waals surface area (Å²) in [6.45, 7) is 5.56. The molecule has 0 spiro atoms. The summed E-state index contributed by atoms with van der Waals surface area (Å²) in [5, 5.41) is 0.633. The summed E-state index contributed by atoms with van der Waals surface area (Å²) in [6, 6.07) is 15.2. The van der Waals surface area contributed by atoms with Crippen molar-refractivity contribution in [3.05, 3.63) is 70.2 Å². The highest BCUT2D eigenvalue weighted by atomic mass is 35.5. The highest BCUT2D eigenvalue weighted by molar-refractivity contribution is 6.30. The van der Waals surface area contributed by atoms with E-state index in [0.717, 1.165) is 56.8 Å². The second kappa shape index (κ2) is 8.85. The van der Waals surface area contributed by atoms with E-state index in [1.54, 1.807) is 0 Å². The van der Waals surface area contributed by atoms with Crippen LogP contribution in [0.5, 0.6) is 0 Å². The standard InChI is InChI=1S/C25H28ClN3O3/c26-20-10-8-19(9-11-20)25-22-6-2-1-5-21(22)24(31)29(25)14-13-28(25)23(30)7-3-4-12-27-15-17-32-18-16-27/h1-2,5-6,8-11H,3-4,7,12-18H2. The van der Waals surface area contributed by atoms with Gasteiger partial charge in [-0.3, -0.25) is 14.5 Å². The number of amides is 2. The van der Waals surface area contributed by atoms with Crippen molar-refractivity contribution in [3.63, 3.8) is 0 Å². The molecule has 2 aromatic rings. The van der Waals surface area contributed by atoms with Crippen LogP contribution >= 0.6 is 11.6 Å². The molecular weight excluding hydrogens is 426 g/mol. The first kappa shape index (κ1) is 21.4. The normalized spacial score (nSPS) is 22.8. The van der Waals surface area contributed by atoms with Gasteiger partial charge in [0.25, 0.3) is 5.91 Å². The molecule has 0 bridgehead atoms. The van der Waals surface area contributed by atoms with Crippen molar-refractivity contribution in [2.45, 2.75) is 24.9 Å². The van der Waals surface area contributed by atoms with Crippen molar-refractivity contribution in [2.75, 3.05) is 45.9 Å². The fourth-order valence-corrected chi connectivity index (χ4v) is 5.48. The van der Waals surface area contributed by atoms with E-state index >= 15 is 0 Å². The Morgan fingerprint density at radius 2 is 1.72 bits per heavy atom. The average Bonchev–Trinajstić information content (AvgIpc) is 3.33. The molecule has 3 aliphatic rings. The van der Waals surface area contributed by atoms with Gasteiger partial charge in [-0.2, -0.15) is 0 Å². The number of benzene rings is 2. The van der Waals surface area contributed by atoms with E-state index in [1.807, 2.05) is 58.3 Å². The number of nitrogens with zero attached hydrogens (tertiary/aromatic N) is 3. The topological polar surface area (TPSA) is 53.1 Å².